The summed E-state index contributed by atoms with van der Waals surface area (Å²) in [6, 6.07) is 0. The minimum absolute atomic E-state index is 0.0743. The topological polar surface area (TPSA) is 61.4 Å². The zero-order chi connectivity index (χ0) is 15.2. The zero-order valence-corrected chi connectivity index (χ0v) is 13.3. The molecular formula is C15H29N3O2. The highest BCUT2D eigenvalue weighted by Gasteiger charge is 2.39. The molecule has 5 nitrogen and oxygen atoms in total. The van der Waals surface area contributed by atoms with E-state index in [1.807, 2.05) is 0 Å². The molecule has 1 aliphatic heterocycles. The number of nitrogens with one attached hydrogen (secondary N) is 2. The van der Waals surface area contributed by atoms with Crippen molar-refractivity contribution in [1.82, 2.24) is 15.5 Å². The van der Waals surface area contributed by atoms with Crippen molar-refractivity contribution in [1.29, 1.82) is 0 Å². The fourth-order valence-corrected chi connectivity index (χ4v) is 2.69. The molecule has 116 valence electrons. The molecule has 20 heavy (non-hydrogen) atoms. The number of hydrogen-bond acceptors (Lipinski definition) is 3. The van der Waals surface area contributed by atoms with Gasteiger partial charge in [-0.05, 0) is 38.3 Å². The van der Waals surface area contributed by atoms with E-state index < -0.39 is 0 Å². The van der Waals surface area contributed by atoms with Crippen molar-refractivity contribution >= 4 is 11.8 Å². The van der Waals surface area contributed by atoms with Crippen LogP contribution >= 0.6 is 0 Å². The van der Waals surface area contributed by atoms with Gasteiger partial charge in [-0.1, -0.05) is 20.8 Å². The number of piperidine rings is 1. The Hall–Kier alpha value is -1.10. The molecule has 2 N–H and O–H groups in total. The van der Waals surface area contributed by atoms with Gasteiger partial charge in [-0.25, -0.2) is 0 Å². The average Bonchev–Trinajstić information content (AvgIpc) is 2.45. The Morgan fingerprint density at radius 3 is 2.40 bits per heavy atom. The second kappa shape index (κ2) is 7.62. The van der Waals surface area contributed by atoms with Gasteiger partial charge in [0.15, 0.2) is 0 Å². The second-order valence-corrected chi connectivity index (χ2v) is 6.24. The summed E-state index contributed by atoms with van der Waals surface area (Å²) in [7, 11) is 1.73. The molecular weight excluding hydrogens is 254 g/mol. The highest BCUT2D eigenvalue weighted by Crippen LogP contribution is 2.34. The quantitative estimate of drug-likeness (QED) is 0.764. The van der Waals surface area contributed by atoms with E-state index in [1.54, 1.807) is 11.9 Å². The van der Waals surface area contributed by atoms with Gasteiger partial charge in [-0.15, -0.1) is 0 Å². The molecule has 2 amide bonds. The van der Waals surface area contributed by atoms with Crippen molar-refractivity contribution in [2.75, 3.05) is 33.2 Å². The number of hydrogen-bond donors (Lipinski definition) is 2. The van der Waals surface area contributed by atoms with Crippen LogP contribution in [0.2, 0.25) is 0 Å². The second-order valence-electron chi connectivity index (χ2n) is 6.24. The van der Waals surface area contributed by atoms with Crippen LogP contribution in [0.4, 0.5) is 0 Å². The largest absolute Gasteiger partial charge is 0.354 e. The molecule has 0 aromatic rings. The van der Waals surface area contributed by atoms with Crippen molar-refractivity contribution in [3.63, 3.8) is 0 Å². The highest BCUT2D eigenvalue weighted by molar-refractivity contribution is 5.87. The normalized spacial score (nSPS) is 17.9. The molecule has 0 aromatic heterocycles. The molecule has 5 heteroatoms. The number of amides is 2. The first kappa shape index (κ1) is 17.0. The SMILES string of the molecule is CCC1(C(=O)N(C)CC(=O)NCC(C)C)CCNCC1. The molecule has 0 bridgehead atoms. The van der Waals surface area contributed by atoms with Gasteiger partial charge in [0, 0.05) is 13.6 Å². The van der Waals surface area contributed by atoms with E-state index >= 15 is 0 Å². The van der Waals surface area contributed by atoms with Gasteiger partial charge in [-0.2, -0.15) is 0 Å². The summed E-state index contributed by atoms with van der Waals surface area (Å²) < 4.78 is 0. The van der Waals surface area contributed by atoms with Crippen LogP contribution in [-0.4, -0.2) is 49.9 Å². The van der Waals surface area contributed by atoms with Gasteiger partial charge in [0.05, 0.1) is 12.0 Å². The first-order valence-corrected chi connectivity index (χ1v) is 7.64. The molecule has 1 heterocycles. The molecule has 1 aliphatic rings. The Morgan fingerprint density at radius 1 is 1.30 bits per heavy atom. The Kier molecular flexibility index (Phi) is 6.46. The van der Waals surface area contributed by atoms with Crippen molar-refractivity contribution in [3.05, 3.63) is 0 Å². The molecule has 0 unspecified atom stereocenters. The van der Waals surface area contributed by atoms with E-state index in [1.165, 1.54) is 0 Å². The summed E-state index contributed by atoms with van der Waals surface area (Å²) in [6.45, 7) is 8.74. The molecule has 0 aromatic carbocycles. The lowest BCUT2D eigenvalue weighted by Gasteiger charge is -2.38. The van der Waals surface area contributed by atoms with Gasteiger partial charge in [-0.3, -0.25) is 9.59 Å². The monoisotopic (exact) mass is 283 g/mol. The third-order valence-electron chi connectivity index (χ3n) is 4.13. The van der Waals surface area contributed by atoms with Crippen LogP contribution in [0, 0.1) is 11.3 Å². The number of likely N-dealkylation sites (N-methyl/N-ethyl adjacent to an activating group) is 1. The summed E-state index contributed by atoms with van der Waals surface area (Å²) in [5, 5.41) is 6.15. The van der Waals surface area contributed by atoms with Gasteiger partial charge in [0.1, 0.15) is 0 Å². The first-order chi connectivity index (χ1) is 9.41. The fourth-order valence-electron chi connectivity index (χ4n) is 2.69. The maximum absolute atomic E-state index is 12.6. The maximum Gasteiger partial charge on any atom is 0.239 e. The minimum atomic E-state index is -0.279. The van der Waals surface area contributed by atoms with Gasteiger partial charge in [0.25, 0.3) is 0 Å². The van der Waals surface area contributed by atoms with E-state index in [9.17, 15) is 9.59 Å². The lowest BCUT2D eigenvalue weighted by molar-refractivity contribution is -0.145. The Labute approximate surface area is 122 Å². The molecule has 1 fully saturated rings. The van der Waals surface area contributed by atoms with Crippen LogP contribution in [-0.2, 0) is 9.59 Å². The van der Waals surface area contributed by atoms with Crippen LogP contribution in [0.15, 0.2) is 0 Å². The third kappa shape index (κ3) is 4.47. The predicted octanol–water partition coefficient (Wildman–Crippen LogP) is 0.997. The molecule has 0 aliphatic carbocycles. The Balaban J connectivity index is 2.54. The number of rotatable bonds is 6. The van der Waals surface area contributed by atoms with Gasteiger partial charge >= 0.3 is 0 Å². The maximum atomic E-state index is 12.6. The van der Waals surface area contributed by atoms with E-state index in [0.29, 0.717) is 12.5 Å². The molecule has 0 spiro atoms. The standard InChI is InChI=1S/C15H29N3O2/c1-5-15(6-8-16-9-7-15)14(20)18(4)11-13(19)17-10-12(2)3/h12,16H,5-11H2,1-4H3,(H,17,19). The fraction of sp³-hybridized carbons (Fsp3) is 0.867. The number of carbonyl (C=O) groups excluding carboxylic acids is 2. The van der Waals surface area contributed by atoms with E-state index in [4.69, 9.17) is 0 Å². The lowest BCUT2D eigenvalue weighted by Crippen LogP contribution is -2.50. The van der Waals surface area contributed by atoms with E-state index in [-0.39, 0.29) is 23.8 Å². The van der Waals surface area contributed by atoms with Crippen LogP contribution in [0.3, 0.4) is 0 Å². The molecule has 0 atom stereocenters. The highest BCUT2D eigenvalue weighted by atomic mass is 16.2. The third-order valence-corrected chi connectivity index (χ3v) is 4.13. The van der Waals surface area contributed by atoms with Crippen LogP contribution in [0.5, 0.6) is 0 Å². The zero-order valence-electron chi connectivity index (χ0n) is 13.3. The van der Waals surface area contributed by atoms with Gasteiger partial charge in [0.2, 0.25) is 11.8 Å². The van der Waals surface area contributed by atoms with Crippen molar-refractivity contribution in [2.45, 2.75) is 40.0 Å². The predicted molar refractivity (Wildman–Crippen MR) is 80.3 cm³/mol. The van der Waals surface area contributed by atoms with Crippen molar-refractivity contribution in [2.24, 2.45) is 11.3 Å². The Bertz CT molecular complexity index is 336. The van der Waals surface area contributed by atoms with Crippen molar-refractivity contribution in [3.8, 4) is 0 Å². The summed E-state index contributed by atoms with van der Waals surface area (Å²) in [4.78, 5) is 26.1. The summed E-state index contributed by atoms with van der Waals surface area (Å²) in [6.07, 6.45) is 2.56. The van der Waals surface area contributed by atoms with Crippen LogP contribution in [0.25, 0.3) is 0 Å². The first-order valence-electron chi connectivity index (χ1n) is 7.64. The molecule has 1 saturated heterocycles. The van der Waals surface area contributed by atoms with E-state index in [2.05, 4.69) is 31.4 Å². The summed E-state index contributed by atoms with van der Waals surface area (Å²) in [5.41, 5.74) is -0.279. The van der Waals surface area contributed by atoms with Crippen molar-refractivity contribution < 1.29 is 9.59 Å². The van der Waals surface area contributed by atoms with Crippen LogP contribution in [0.1, 0.15) is 40.0 Å². The van der Waals surface area contributed by atoms with Gasteiger partial charge < -0.3 is 15.5 Å². The number of nitrogens with zero attached hydrogens (tertiary/aromatic N) is 1. The average molecular weight is 283 g/mol. The molecule has 0 radical (unpaired) electrons. The minimum Gasteiger partial charge on any atom is -0.354 e. The molecule has 1 rings (SSSR count). The number of carbonyl (C=O) groups is 2. The lowest BCUT2D eigenvalue weighted by atomic mass is 9.75. The summed E-state index contributed by atoms with van der Waals surface area (Å²) >= 11 is 0. The molecule has 0 saturated carbocycles. The van der Waals surface area contributed by atoms with Crippen LogP contribution < -0.4 is 10.6 Å². The summed E-state index contributed by atoms with van der Waals surface area (Å²) in [5.74, 6) is 0.460. The van der Waals surface area contributed by atoms with E-state index in [0.717, 1.165) is 32.4 Å². The Morgan fingerprint density at radius 2 is 1.90 bits per heavy atom. The smallest absolute Gasteiger partial charge is 0.239 e.